The summed E-state index contributed by atoms with van der Waals surface area (Å²) >= 11 is 0. The SMILES string of the molecule is [C-]#[N+]Cc1ccccc1N1CCOCC1. The van der Waals surface area contributed by atoms with Crippen molar-refractivity contribution in [3.63, 3.8) is 0 Å². The summed E-state index contributed by atoms with van der Waals surface area (Å²) in [4.78, 5) is 5.75. The average molecular weight is 202 g/mol. The van der Waals surface area contributed by atoms with Gasteiger partial charge in [0.1, 0.15) is 0 Å². The molecule has 0 unspecified atom stereocenters. The van der Waals surface area contributed by atoms with Gasteiger partial charge in [-0.2, -0.15) is 0 Å². The van der Waals surface area contributed by atoms with Crippen LogP contribution in [0.25, 0.3) is 4.85 Å². The van der Waals surface area contributed by atoms with Crippen LogP contribution in [0.4, 0.5) is 5.69 Å². The smallest absolute Gasteiger partial charge is 0.241 e. The zero-order valence-corrected chi connectivity index (χ0v) is 8.65. The number of nitrogens with zero attached hydrogens (tertiary/aromatic N) is 2. The molecule has 0 aliphatic carbocycles. The van der Waals surface area contributed by atoms with Gasteiger partial charge in [0, 0.05) is 18.8 Å². The first kappa shape index (κ1) is 10.0. The maximum Gasteiger partial charge on any atom is 0.241 e. The fourth-order valence-corrected chi connectivity index (χ4v) is 1.84. The van der Waals surface area contributed by atoms with E-state index in [0.717, 1.165) is 31.9 Å². The summed E-state index contributed by atoms with van der Waals surface area (Å²) in [5.74, 6) is 0. The number of hydrogen-bond donors (Lipinski definition) is 0. The number of hydrogen-bond acceptors (Lipinski definition) is 2. The summed E-state index contributed by atoms with van der Waals surface area (Å²) in [5.41, 5.74) is 2.31. The third kappa shape index (κ3) is 2.28. The second-order valence-corrected chi connectivity index (χ2v) is 3.54. The molecule has 1 fully saturated rings. The third-order valence-corrected chi connectivity index (χ3v) is 2.59. The van der Waals surface area contributed by atoms with E-state index in [1.165, 1.54) is 5.69 Å². The predicted octanol–water partition coefficient (Wildman–Crippen LogP) is 1.94. The summed E-state index contributed by atoms with van der Waals surface area (Å²) in [5, 5.41) is 0. The van der Waals surface area contributed by atoms with E-state index >= 15 is 0 Å². The molecule has 0 aromatic heterocycles. The Labute approximate surface area is 90.1 Å². The largest absolute Gasteiger partial charge is 0.378 e. The Morgan fingerprint density at radius 1 is 1.27 bits per heavy atom. The molecule has 1 aromatic rings. The summed E-state index contributed by atoms with van der Waals surface area (Å²) in [6.45, 7) is 10.8. The number of rotatable bonds is 2. The third-order valence-electron chi connectivity index (χ3n) is 2.59. The summed E-state index contributed by atoms with van der Waals surface area (Å²) in [6.07, 6.45) is 0. The molecule has 0 radical (unpaired) electrons. The lowest BCUT2D eigenvalue weighted by molar-refractivity contribution is 0.122. The highest BCUT2D eigenvalue weighted by atomic mass is 16.5. The van der Waals surface area contributed by atoms with Crippen molar-refractivity contribution in [2.45, 2.75) is 6.54 Å². The Kier molecular flexibility index (Phi) is 3.21. The molecule has 1 aliphatic rings. The molecule has 1 heterocycles. The fraction of sp³-hybridized carbons (Fsp3) is 0.417. The van der Waals surface area contributed by atoms with Gasteiger partial charge in [-0.25, -0.2) is 6.57 Å². The number of anilines is 1. The summed E-state index contributed by atoms with van der Waals surface area (Å²) in [7, 11) is 0. The summed E-state index contributed by atoms with van der Waals surface area (Å²) in [6, 6.07) is 8.14. The van der Waals surface area contributed by atoms with Gasteiger partial charge in [0.25, 0.3) is 0 Å². The van der Waals surface area contributed by atoms with Crippen LogP contribution < -0.4 is 4.90 Å². The Bertz CT molecular complexity index is 364. The number of morpholine rings is 1. The van der Waals surface area contributed by atoms with E-state index in [0.29, 0.717) is 6.54 Å². The van der Waals surface area contributed by atoms with E-state index in [1.54, 1.807) is 0 Å². The highest BCUT2D eigenvalue weighted by Gasteiger charge is 2.14. The van der Waals surface area contributed by atoms with Crippen LogP contribution in [0.1, 0.15) is 5.56 Å². The maximum atomic E-state index is 6.93. The first-order valence-electron chi connectivity index (χ1n) is 5.15. The van der Waals surface area contributed by atoms with Crippen LogP contribution in [0.3, 0.4) is 0 Å². The second kappa shape index (κ2) is 4.81. The Morgan fingerprint density at radius 3 is 2.73 bits per heavy atom. The zero-order valence-electron chi connectivity index (χ0n) is 8.65. The van der Waals surface area contributed by atoms with Crippen molar-refractivity contribution in [2.75, 3.05) is 31.2 Å². The molecule has 0 saturated carbocycles. The van der Waals surface area contributed by atoms with E-state index in [1.807, 2.05) is 18.2 Å². The fourth-order valence-electron chi connectivity index (χ4n) is 1.84. The lowest BCUT2D eigenvalue weighted by Crippen LogP contribution is -2.36. The number of para-hydroxylation sites is 1. The van der Waals surface area contributed by atoms with Crippen molar-refractivity contribution in [1.29, 1.82) is 0 Å². The van der Waals surface area contributed by atoms with E-state index in [2.05, 4.69) is 15.8 Å². The molecule has 0 spiro atoms. The Morgan fingerprint density at radius 2 is 2.00 bits per heavy atom. The van der Waals surface area contributed by atoms with Crippen LogP contribution >= 0.6 is 0 Å². The maximum absolute atomic E-state index is 6.93. The number of benzene rings is 1. The minimum atomic E-state index is 0.466. The molecule has 0 amide bonds. The molecule has 78 valence electrons. The topological polar surface area (TPSA) is 16.8 Å². The summed E-state index contributed by atoms with van der Waals surface area (Å²) < 4.78 is 5.32. The van der Waals surface area contributed by atoms with Gasteiger partial charge in [0.05, 0.1) is 18.8 Å². The van der Waals surface area contributed by atoms with Crippen molar-refractivity contribution in [2.24, 2.45) is 0 Å². The molecular weight excluding hydrogens is 188 g/mol. The molecular formula is C12H14N2O. The molecule has 2 rings (SSSR count). The van der Waals surface area contributed by atoms with Gasteiger partial charge in [-0.3, -0.25) is 0 Å². The van der Waals surface area contributed by atoms with Gasteiger partial charge in [-0.1, -0.05) is 12.1 Å². The molecule has 15 heavy (non-hydrogen) atoms. The van der Waals surface area contributed by atoms with Gasteiger partial charge in [0.2, 0.25) is 6.54 Å². The van der Waals surface area contributed by atoms with E-state index in [-0.39, 0.29) is 0 Å². The van der Waals surface area contributed by atoms with Crippen molar-refractivity contribution in [3.05, 3.63) is 41.2 Å². The molecule has 1 aromatic carbocycles. The van der Waals surface area contributed by atoms with Gasteiger partial charge in [0.15, 0.2) is 0 Å². The first-order valence-corrected chi connectivity index (χ1v) is 5.15. The molecule has 3 nitrogen and oxygen atoms in total. The minimum absolute atomic E-state index is 0.466. The van der Waals surface area contributed by atoms with Gasteiger partial charge < -0.3 is 14.5 Å². The lowest BCUT2D eigenvalue weighted by atomic mass is 10.1. The molecule has 3 heteroatoms. The van der Waals surface area contributed by atoms with Crippen LogP contribution in [0, 0.1) is 6.57 Å². The normalized spacial score (nSPS) is 16.1. The average Bonchev–Trinajstić information content (AvgIpc) is 2.31. The molecule has 0 N–H and O–H groups in total. The van der Waals surface area contributed by atoms with Gasteiger partial charge in [-0.15, -0.1) is 0 Å². The van der Waals surface area contributed by atoms with E-state index < -0.39 is 0 Å². The van der Waals surface area contributed by atoms with Crippen molar-refractivity contribution < 1.29 is 4.74 Å². The number of ether oxygens (including phenoxy) is 1. The van der Waals surface area contributed by atoms with E-state index in [4.69, 9.17) is 11.3 Å². The molecule has 1 saturated heterocycles. The quantitative estimate of drug-likeness (QED) is 0.682. The van der Waals surface area contributed by atoms with Crippen LogP contribution in [-0.4, -0.2) is 26.3 Å². The van der Waals surface area contributed by atoms with Crippen LogP contribution in [0.15, 0.2) is 24.3 Å². The van der Waals surface area contributed by atoms with Crippen molar-refractivity contribution in [1.82, 2.24) is 0 Å². The highest BCUT2D eigenvalue weighted by molar-refractivity contribution is 5.54. The lowest BCUT2D eigenvalue weighted by Gasteiger charge is -2.29. The van der Waals surface area contributed by atoms with Crippen molar-refractivity contribution in [3.8, 4) is 0 Å². The van der Waals surface area contributed by atoms with Gasteiger partial charge in [-0.05, 0) is 12.1 Å². The Balaban J connectivity index is 2.21. The Hall–Kier alpha value is -1.53. The monoisotopic (exact) mass is 202 g/mol. The predicted molar refractivity (Wildman–Crippen MR) is 59.8 cm³/mol. The van der Waals surface area contributed by atoms with Gasteiger partial charge >= 0.3 is 0 Å². The van der Waals surface area contributed by atoms with Crippen LogP contribution in [0.2, 0.25) is 0 Å². The minimum Gasteiger partial charge on any atom is -0.378 e. The standard InChI is InChI=1S/C12H14N2O/c1-13-10-11-4-2-3-5-12(11)14-6-8-15-9-7-14/h2-5H,6-10H2. The second-order valence-electron chi connectivity index (χ2n) is 3.54. The van der Waals surface area contributed by atoms with E-state index in [9.17, 15) is 0 Å². The zero-order chi connectivity index (χ0) is 10.5. The van der Waals surface area contributed by atoms with Crippen LogP contribution in [0.5, 0.6) is 0 Å². The molecule has 0 bridgehead atoms. The first-order chi connectivity index (χ1) is 7.42. The van der Waals surface area contributed by atoms with Crippen molar-refractivity contribution >= 4 is 5.69 Å². The molecule has 1 aliphatic heterocycles. The van der Waals surface area contributed by atoms with Crippen LogP contribution in [-0.2, 0) is 11.3 Å². The highest BCUT2D eigenvalue weighted by Crippen LogP contribution is 2.21. The molecule has 0 atom stereocenters.